The highest BCUT2D eigenvalue weighted by molar-refractivity contribution is 4.90. The molecule has 0 atom stereocenters. The molecule has 1 heterocycles. The molecule has 0 bridgehead atoms. The zero-order valence-corrected chi connectivity index (χ0v) is 9.99. The number of ether oxygens (including phenoxy) is 2. The third kappa shape index (κ3) is 5.85. The predicted octanol–water partition coefficient (Wildman–Crippen LogP) is 1.13. The average Bonchev–Trinajstić information content (AvgIpc) is 2.68. The van der Waals surface area contributed by atoms with Crippen molar-refractivity contribution in [1.29, 1.82) is 0 Å². The van der Waals surface area contributed by atoms with Crippen molar-refractivity contribution in [2.45, 2.75) is 19.9 Å². The summed E-state index contributed by atoms with van der Waals surface area (Å²) in [6.07, 6.45) is 2.70. The SMILES string of the molecule is COCCOCCCNCc1ncc(C)o1. The van der Waals surface area contributed by atoms with Crippen LogP contribution in [0.4, 0.5) is 0 Å². The van der Waals surface area contributed by atoms with E-state index in [4.69, 9.17) is 13.9 Å². The van der Waals surface area contributed by atoms with Crippen molar-refractivity contribution in [2.75, 3.05) is 33.5 Å². The zero-order chi connectivity index (χ0) is 11.6. The van der Waals surface area contributed by atoms with Gasteiger partial charge in [0.05, 0.1) is 26.0 Å². The van der Waals surface area contributed by atoms with Crippen molar-refractivity contribution in [2.24, 2.45) is 0 Å². The van der Waals surface area contributed by atoms with E-state index in [1.54, 1.807) is 13.3 Å². The maximum atomic E-state index is 5.33. The molecule has 0 fully saturated rings. The fourth-order valence-corrected chi connectivity index (χ4v) is 1.22. The normalized spacial score (nSPS) is 10.9. The first-order chi connectivity index (χ1) is 7.83. The molecular formula is C11H20N2O3. The Bertz CT molecular complexity index is 276. The Labute approximate surface area is 96.1 Å². The first kappa shape index (κ1) is 13.2. The Hall–Kier alpha value is -0.910. The van der Waals surface area contributed by atoms with Gasteiger partial charge in [0.15, 0.2) is 0 Å². The molecule has 1 aromatic rings. The molecule has 0 amide bonds. The van der Waals surface area contributed by atoms with E-state index in [1.807, 2.05) is 6.92 Å². The summed E-state index contributed by atoms with van der Waals surface area (Å²) in [5, 5.41) is 3.24. The summed E-state index contributed by atoms with van der Waals surface area (Å²) >= 11 is 0. The first-order valence-electron chi connectivity index (χ1n) is 5.51. The van der Waals surface area contributed by atoms with Gasteiger partial charge < -0.3 is 19.2 Å². The zero-order valence-electron chi connectivity index (χ0n) is 9.99. The summed E-state index contributed by atoms with van der Waals surface area (Å²) in [5.41, 5.74) is 0. The van der Waals surface area contributed by atoms with Crippen molar-refractivity contribution >= 4 is 0 Å². The van der Waals surface area contributed by atoms with E-state index in [2.05, 4.69) is 10.3 Å². The smallest absolute Gasteiger partial charge is 0.208 e. The standard InChI is InChI=1S/C11H20N2O3/c1-10-8-13-11(16-10)9-12-4-3-5-15-7-6-14-2/h8,12H,3-7,9H2,1-2H3. The van der Waals surface area contributed by atoms with Crippen LogP contribution >= 0.6 is 0 Å². The summed E-state index contributed by atoms with van der Waals surface area (Å²) in [7, 11) is 1.67. The van der Waals surface area contributed by atoms with Gasteiger partial charge in [-0.15, -0.1) is 0 Å². The molecule has 1 aromatic heterocycles. The topological polar surface area (TPSA) is 56.5 Å². The number of hydrogen-bond donors (Lipinski definition) is 1. The Morgan fingerprint density at radius 2 is 2.25 bits per heavy atom. The third-order valence-corrected chi connectivity index (χ3v) is 2.02. The molecule has 0 aromatic carbocycles. The van der Waals surface area contributed by atoms with Gasteiger partial charge in [0.2, 0.25) is 5.89 Å². The third-order valence-electron chi connectivity index (χ3n) is 2.02. The van der Waals surface area contributed by atoms with Gasteiger partial charge in [-0.2, -0.15) is 0 Å². The number of aromatic nitrogens is 1. The molecule has 0 aliphatic carbocycles. The summed E-state index contributed by atoms with van der Waals surface area (Å²) in [4.78, 5) is 4.10. The Kier molecular flexibility index (Phi) is 6.80. The Morgan fingerprint density at radius 3 is 2.94 bits per heavy atom. The molecule has 5 heteroatoms. The van der Waals surface area contributed by atoms with Gasteiger partial charge in [-0.1, -0.05) is 0 Å². The van der Waals surface area contributed by atoms with Crippen LogP contribution in [0.1, 0.15) is 18.1 Å². The number of methoxy groups -OCH3 is 1. The van der Waals surface area contributed by atoms with E-state index < -0.39 is 0 Å². The van der Waals surface area contributed by atoms with Crippen molar-refractivity contribution in [3.8, 4) is 0 Å². The molecule has 16 heavy (non-hydrogen) atoms. The lowest BCUT2D eigenvalue weighted by atomic mass is 10.4. The lowest BCUT2D eigenvalue weighted by molar-refractivity contribution is 0.0694. The fraction of sp³-hybridized carbons (Fsp3) is 0.727. The average molecular weight is 228 g/mol. The van der Waals surface area contributed by atoms with Crippen molar-refractivity contribution in [3.63, 3.8) is 0 Å². The van der Waals surface area contributed by atoms with Crippen LogP contribution in [0.5, 0.6) is 0 Å². The minimum atomic E-state index is 0.656. The molecule has 0 saturated carbocycles. The summed E-state index contributed by atoms with van der Waals surface area (Å²) in [5.74, 6) is 1.58. The van der Waals surface area contributed by atoms with Crippen LogP contribution in [-0.4, -0.2) is 38.5 Å². The van der Waals surface area contributed by atoms with Crippen LogP contribution in [0.3, 0.4) is 0 Å². The van der Waals surface area contributed by atoms with E-state index in [1.165, 1.54) is 0 Å². The number of rotatable bonds is 9. The van der Waals surface area contributed by atoms with Crippen LogP contribution in [0.2, 0.25) is 0 Å². The van der Waals surface area contributed by atoms with Crippen molar-refractivity contribution in [1.82, 2.24) is 10.3 Å². The predicted molar refractivity (Wildman–Crippen MR) is 60.3 cm³/mol. The second-order valence-electron chi connectivity index (χ2n) is 3.50. The summed E-state index contributed by atoms with van der Waals surface area (Å²) in [6, 6.07) is 0. The van der Waals surface area contributed by atoms with E-state index in [-0.39, 0.29) is 0 Å². The monoisotopic (exact) mass is 228 g/mol. The second kappa shape index (κ2) is 8.27. The van der Waals surface area contributed by atoms with Gasteiger partial charge in [0.25, 0.3) is 0 Å². The molecule has 0 unspecified atom stereocenters. The van der Waals surface area contributed by atoms with Gasteiger partial charge in [-0.05, 0) is 19.9 Å². The molecule has 0 aliphatic rings. The molecule has 0 radical (unpaired) electrons. The number of nitrogens with one attached hydrogen (secondary N) is 1. The van der Waals surface area contributed by atoms with Crippen molar-refractivity contribution < 1.29 is 13.9 Å². The molecule has 1 rings (SSSR count). The number of aryl methyl sites for hydroxylation is 1. The molecule has 0 spiro atoms. The minimum Gasteiger partial charge on any atom is -0.445 e. The maximum Gasteiger partial charge on any atom is 0.208 e. The van der Waals surface area contributed by atoms with E-state index in [0.29, 0.717) is 19.8 Å². The lowest BCUT2D eigenvalue weighted by Crippen LogP contribution is -2.17. The van der Waals surface area contributed by atoms with Crippen LogP contribution in [0, 0.1) is 6.92 Å². The van der Waals surface area contributed by atoms with Crippen LogP contribution in [0.25, 0.3) is 0 Å². The van der Waals surface area contributed by atoms with E-state index in [0.717, 1.165) is 31.2 Å². The second-order valence-corrected chi connectivity index (χ2v) is 3.50. The Morgan fingerprint density at radius 1 is 1.38 bits per heavy atom. The maximum absolute atomic E-state index is 5.33. The first-order valence-corrected chi connectivity index (χ1v) is 5.51. The van der Waals surface area contributed by atoms with Gasteiger partial charge >= 0.3 is 0 Å². The molecule has 1 N–H and O–H groups in total. The molecular weight excluding hydrogens is 208 g/mol. The fourth-order valence-electron chi connectivity index (χ4n) is 1.22. The van der Waals surface area contributed by atoms with E-state index >= 15 is 0 Å². The van der Waals surface area contributed by atoms with Gasteiger partial charge in [0.1, 0.15) is 5.76 Å². The highest BCUT2D eigenvalue weighted by atomic mass is 16.5. The van der Waals surface area contributed by atoms with Crippen LogP contribution in [-0.2, 0) is 16.0 Å². The van der Waals surface area contributed by atoms with Crippen molar-refractivity contribution in [3.05, 3.63) is 17.8 Å². The number of nitrogens with zero attached hydrogens (tertiary/aromatic N) is 1. The molecule has 92 valence electrons. The van der Waals surface area contributed by atoms with Gasteiger partial charge in [-0.3, -0.25) is 0 Å². The molecule has 5 nitrogen and oxygen atoms in total. The molecule has 0 aliphatic heterocycles. The quantitative estimate of drug-likeness (QED) is 0.642. The van der Waals surface area contributed by atoms with E-state index in [9.17, 15) is 0 Å². The van der Waals surface area contributed by atoms with Gasteiger partial charge in [0, 0.05) is 13.7 Å². The minimum absolute atomic E-state index is 0.656. The highest BCUT2D eigenvalue weighted by Gasteiger charge is 1.98. The Balaban J connectivity index is 1.88. The van der Waals surface area contributed by atoms with Crippen LogP contribution < -0.4 is 5.32 Å². The largest absolute Gasteiger partial charge is 0.445 e. The molecule has 0 saturated heterocycles. The van der Waals surface area contributed by atoms with Crippen LogP contribution in [0.15, 0.2) is 10.6 Å². The van der Waals surface area contributed by atoms with Gasteiger partial charge in [-0.25, -0.2) is 4.98 Å². The number of oxazole rings is 1. The summed E-state index contributed by atoms with van der Waals surface area (Å²) in [6.45, 7) is 5.53. The highest BCUT2D eigenvalue weighted by Crippen LogP contribution is 2.00. The summed E-state index contributed by atoms with van der Waals surface area (Å²) < 4.78 is 15.5. The number of hydrogen-bond acceptors (Lipinski definition) is 5. The lowest BCUT2D eigenvalue weighted by Gasteiger charge is -2.04.